The van der Waals surface area contributed by atoms with Crippen molar-refractivity contribution in [3.63, 3.8) is 0 Å². The van der Waals surface area contributed by atoms with Crippen molar-refractivity contribution in [3.8, 4) is 5.75 Å². The Morgan fingerprint density at radius 2 is 1.90 bits per heavy atom. The van der Waals surface area contributed by atoms with Gasteiger partial charge in [-0.2, -0.15) is 0 Å². The molecule has 0 fully saturated rings. The van der Waals surface area contributed by atoms with Crippen LogP contribution >= 0.6 is 0 Å². The molecule has 0 saturated carbocycles. The first-order chi connectivity index (χ1) is 10.1. The van der Waals surface area contributed by atoms with Gasteiger partial charge in [0.2, 0.25) is 0 Å². The number of carbonyl (C=O) groups is 2. The molecule has 21 heavy (non-hydrogen) atoms. The van der Waals surface area contributed by atoms with Crippen LogP contribution < -0.4 is 4.74 Å². The van der Waals surface area contributed by atoms with Gasteiger partial charge in [0.25, 0.3) is 0 Å². The summed E-state index contributed by atoms with van der Waals surface area (Å²) in [5.41, 5.74) is 0.574. The SMILES string of the molecule is CCOC(=O)c1nc2ccc(OC)cc2cc1C(=O)OC. The van der Waals surface area contributed by atoms with Crippen LogP contribution in [-0.4, -0.2) is 37.7 Å². The van der Waals surface area contributed by atoms with E-state index in [0.717, 1.165) is 0 Å². The van der Waals surface area contributed by atoms with Crippen molar-refractivity contribution < 1.29 is 23.8 Å². The smallest absolute Gasteiger partial charge is 0.357 e. The fraction of sp³-hybridized carbons (Fsp3) is 0.267. The zero-order chi connectivity index (χ0) is 15.4. The molecule has 1 aromatic heterocycles. The fourth-order valence-electron chi connectivity index (χ4n) is 1.90. The first kappa shape index (κ1) is 14.8. The highest BCUT2D eigenvalue weighted by Crippen LogP contribution is 2.23. The average molecular weight is 289 g/mol. The predicted octanol–water partition coefficient (Wildman–Crippen LogP) is 2.21. The number of benzene rings is 1. The van der Waals surface area contributed by atoms with Gasteiger partial charge in [-0.25, -0.2) is 14.6 Å². The average Bonchev–Trinajstić information content (AvgIpc) is 2.52. The van der Waals surface area contributed by atoms with E-state index in [1.165, 1.54) is 7.11 Å². The molecular weight excluding hydrogens is 274 g/mol. The summed E-state index contributed by atoms with van der Waals surface area (Å²) in [6.07, 6.45) is 0. The Bertz CT molecular complexity index is 696. The highest BCUT2D eigenvalue weighted by atomic mass is 16.5. The normalized spacial score (nSPS) is 10.2. The molecule has 0 saturated heterocycles. The molecule has 0 bridgehead atoms. The van der Waals surface area contributed by atoms with Crippen molar-refractivity contribution in [2.24, 2.45) is 0 Å². The van der Waals surface area contributed by atoms with E-state index in [0.29, 0.717) is 16.7 Å². The molecule has 6 heteroatoms. The minimum atomic E-state index is -0.657. The number of esters is 2. The summed E-state index contributed by atoms with van der Waals surface area (Å²) >= 11 is 0. The second kappa shape index (κ2) is 6.21. The Morgan fingerprint density at radius 1 is 1.14 bits per heavy atom. The largest absolute Gasteiger partial charge is 0.497 e. The fourth-order valence-corrected chi connectivity index (χ4v) is 1.90. The molecule has 0 aliphatic rings. The molecule has 0 atom stereocenters. The minimum Gasteiger partial charge on any atom is -0.497 e. The summed E-state index contributed by atoms with van der Waals surface area (Å²) in [4.78, 5) is 28.0. The number of pyridine rings is 1. The maximum atomic E-state index is 11.9. The van der Waals surface area contributed by atoms with Crippen molar-refractivity contribution in [1.82, 2.24) is 4.98 Å². The molecule has 0 amide bonds. The van der Waals surface area contributed by atoms with E-state index in [2.05, 4.69) is 4.98 Å². The van der Waals surface area contributed by atoms with Crippen molar-refractivity contribution in [1.29, 1.82) is 0 Å². The van der Waals surface area contributed by atoms with Crippen LogP contribution in [0.5, 0.6) is 5.75 Å². The number of hydrogen-bond acceptors (Lipinski definition) is 6. The highest BCUT2D eigenvalue weighted by Gasteiger charge is 2.21. The molecule has 2 rings (SSSR count). The summed E-state index contributed by atoms with van der Waals surface area (Å²) in [6, 6.07) is 6.70. The Balaban J connectivity index is 2.65. The molecule has 0 aliphatic carbocycles. The predicted molar refractivity (Wildman–Crippen MR) is 75.6 cm³/mol. The monoisotopic (exact) mass is 289 g/mol. The standard InChI is InChI=1S/C15H15NO5/c1-4-21-15(18)13-11(14(17)20-3)8-9-7-10(19-2)5-6-12(9)16-13/h5-8H,4H2,1-3H3. The summed E-state index contributed by atoms with van der Waals surface area (Å²) in [6.45, 7) is 1.88. The molecule has 0 radical (unpaired) electrons. The number of aromatic nitrogens is 1. The lowest BCUT2D eigenvalue weighted by molar-refractivity contribution is 0.0497. The number of ether oxygens (including phenoxy) is 3. The molecule has 0 aliphatic heterocycles. The Morgan fingerprint density at radius 3 is 2.52 bits per heavy atom. The van der Waals surface area contributed by atoms with Gasteiger partial charge < -0.3 is 14.2 Å². The second-order valence-corrected chi connectivity index (χ2v) is 4.16. The van der Waals surface area contributed by atoms with Crippen LogP contribution in [0.2, 0.25) is 0 Å². The first-order valence-electron chi connectivity index (χ1n) is 6.35. The van der Waals surface area contributed by atoms with Crippen molar-refractivity contribution in [2.75, 3.05) is 20.8 Å². The van der Waals surface area contributed by atoms with Gasteiger partial charge in [0.15, 0.2) is 5.69 Å². The molecule has 0 N–H and O–H groups in total. The minimum absolute atomic E-state index is 0.0543. The van der Waals surface area contributed by atoms with Crippen LogP contribution in [0.1, 0.15) is 27.8 Å². The molecule has 1 aromatic carbocycles. The van der Waals surface area contributed by atoms with E-state index < -0.39 is 11.9 Å². The molecule has 0 unspecified atom stereocenters. The molecule has 2 aromatic rings. The summed E-state index contributed by atoms with van der Waals surface area (Å²) in [5, 5.41) is 0.669. The van der Waals surface area contributed by atoms with Crippen molar-refractivity contribution in [3.05, 3.63) is 35.5 Å². The first-order valence-corrected chi connectivity index (χ1v) is 6.35. The number of fused-ring (bicyclic) bond motifs is 1. The topological polar surface area (TPSA) is 74.7 Å². The number of carbonyl (C=O) groups excluding carboxylic acids is 2. The summed E-state index contributed by atoms with van der Waals surface area (Å²) in [7, 11) is 2.79. The van der Waals surface area contributed by atoms with Crippen LogP contribution in [0.25, 0.3) is 10.9 Å². The third-order valence-electron chi connectivity index (χ3n) is 2.90. The lowest BCUT2D eigenvalue weighted by atomic mass is 10.1. The molecular formula is C15H15NO5. The quantitative estimate of drug-likeness (QED) is 0.803. The zero-order valence-corrected chi connectivity index (χ0v) is 12.0. The van der Waals surface area contributed by atoms with Crippen LogP contribution in [-0.2, 0) is 9.47 Å². The lowest BCUT2D eigenvalue weighted by Gasteiger charge is -2.09. The van der Waals surface area contributed by atoms with Gasteiger partial charge in [-0.1, -0.05) is 0 Å². The van der Waals surface area contributed by atoms with Gasteiger partial charge in [-0.05, 0) is 31.2 Å². The second-order valence-electron chi connectivity index (χ2n) is 4.16. The number of rotatable bonds is 4. The highest BCUT2D eigenvalue weighted by molar-refractivity contribution is 6.04. The van der Waals surface area contributed by atoms with Crippen LogP contribution in [0.4, 0.5) is 0 Å². The van der Waals surface area contributed by atoms with E-state index >= 15 is 0 Å². The number of hydrogen-bond donors (Lipinski definition) is 0. The van der Waals surface area contributed by atoms with E-state index in [9.17, 15) is 9.59 Å². The third-order valence-corrected chi connectivity index (χ3v) is 2.90. The molecule has 0 spiro atoms. The van der Waals surface area contributed by atoms with E-state index in [-0.39, 0.29) is 17.9 Å². The van der Waals surface area contributed by atoms with Crippen molar-refractivity contribution in [2.45, 2.75) is 6.92 Å². The lowest BCUT2D eigenvalue weighted by Crippen LogP contribution is -2.15. The number of nitrogens with zero attached hydrogens (tertiary/aromatic N) is 1. The summed E-state index contributed by atoms with van der Waals surface area (Å²) in [5.74, 6) is -0.671. The van der Waals surface area contributed by atoms with Crippen molar-refractivity contribution >= 4 is 22.8 Å². The van der Waals surface area contributed by atoms with Gasteiger partial charge in [-0.15, -0.1) is 0 Å². The maximum Gasteiger partial charge on any atom is 0.357 e. The Labute approximate surface area is 121 Å². The molecule has 1 heterocycles. The zero-order valence-electron chi connectivity index (χ0n) is 12.0. The molecule has 110 valence electrons. The Hall–Kier alpha value is -2.63. The molecule has 6 nitrogen and oxygen atoms in total. The van der Waals surface area contributed by atoms with Gasteiger partial charge in [0.05, 0.1) is 31.9 Å². The van der Waals surface area contributed by atoms with E-state index in [1.807, 2.05) is 0 Å². The van der Waals surface area contributed by atoms with Gasteiger partial charge >= 0.3 is 11.9 Å². The van der Waals surface area contributed by atoms with Crippen LogP contribution in [0.15, 0.2) is 24.3 Å². The van der Waals surface area contributed by atoms with E-state index in [4.69, 9.17) is 14.2 Å². The maximum absolute atomic E-state index is 11.9. The number of methoxy groups -OCH3 is 2. The van der Waals surface area contributed by atoms with Gasteiger partial charge in [0.1, 0.15) is 5.75 Å². The van der Waals surface area contributed by atoms with Gasteiger partial charge in [-0.3, -0.25) is 0 Å². The van der Waals surface area contributed by atoms with Gasteiger partial charge in [0, 0.05) is 5.39 Å². The van der Waals surface area contributed by atoms with Crippen LogP contribution in [0.3, 0.4) is 0 Å². The van der Waals surface area contributed by atoms with E-state index in [1.54, 1.807) is 38.3 Å². The summed E-state index contributed by atoms with van der Waals surface area (Å²) < 4.78 is 14.7. The Kier molecular flexibility index (Phi) is 4.37. The third kappa shape index (κ3) is 2.94. The van der Waals surface area contributed by atoms with Crippen LogP contribution in [0, 0.1) is 0 Å².